The number of amides is 1. The molecule has 5 rings (SSSR count). The molecule has 10 nitrogen and oxygen atoms in total. The summed E-state index contributed by atoms with van der Waals surface area (Å²) < 4.78 is 17.7. The maximum Gasteiger partial charge on any atom is 0.255 e. The van der Waals surface area contributed by atoms with E-state index in [1.807, 2.05) is 42.5 Å². The van der Waals surface area contributed by atoms with Gasteiger partial charge in [0.1, 0.15) is 0 Å². The fourth-order valence-electron chi connectivity index (χ4n) is 3.79. The zero-order valence-corrected chi connectivity index (χ0v) is 19.8. The number of fused-ring (bicyclic) bond motifs is 1. The number of benzene rings is 2. The van der Waals surface area contributed by atoms with Crippen molar-refractivity contribution in [2.75, 3.05) is 26.6 Å². The minimum Gasteiger partial charge on any atom is -0.493 e. The van der Waals surface area contributed by atoms with E-state index in [0.29, 0.717) is 45.7 Å². The van der Waals surface area contributed by atoms with Crippen LogP contribution in [0.5, 0.6) is 17.2 Å². The summed E-state index contributed by atoms with van der Waals surface area (Å²) in [6.07, 6.45) is 3.41. The molecule has 0 spiro atoms. The Morgan fingerprint density at radius 3 is 2.33 bits per heavy atom. The number of hydrogen-bond donors (Lipinski definition) is 1. The standard InChI is InChI=1S/C26H22N6O4/c1-34-21-13-18(14-22(35-2)24(21)36-3)26(33)28-19-8-4-6-16(12-19)20-9-10-23-29-30-25(32(23)31-20)17-7-5-11-27-15-17/h4-15H,1-3H3,(H,28,33). The van der Waals surface area contributed by atoms with Crippen molar-refractivity contribution in [3.8, 4) is 39.9 Å². The summed E-state index contributed by atoms with van der Waals surface area (Å²) in [6, 6.07) is 18.0. The van der Waals surface area contributed by atoms with E-state index >= 15 is 0 Å². The summed E-state index contributed by atoms with van der Waals surface area (Å²) in [6.45, 7) is 0. The Labute approximate surface area is 206 Å². The molecule has 36 heavy (non-hydrogen) atoms. The number of carbonyl (C=O) groups excluding carboxylic acids is 1. The van der Waals surface area contributed by atoms with E-state index in [1.54, 1.807) is 35.1 Å². The largest absolute Gasteiger partial charge is 0.493 e. The third kappa shape index (κ3) is 4.27. The van der Waals surface area contributed by atoms with Gasteiger partial charge in [-0.05, 0) is 48.5 Å². The Hall–Kier alpha value is -4.99. The van der Waals surface area contributed by atoms with Gasteiger partial charge >= 0.3 is 0 Å². The quantitative estimate of drug-likeness (QED) is 0.368. The van der Waals surface area contributed by atoms with E-state index in [0.717, 1.165) is 11.1 Å². The topological polar surface area (TPSA) is 113 Å². The monoisotopic (exact) mass is 482 g/mol. The van der Waals surface area contributed by atoms with Gasteiger partial charge in [-0.15, -0.1) is 10.2 Å². The molecule has 5 aromatic rings. The van der Waals surface area contributed by atoms with Gasteiger partial charge in [-0.2, -0.15) is 9.61 Å². The van der Waals surface area contributed by atoms with Gasteiger partial charge < -0.3 is 19.5 Å². The van der Waals surface area contributed by atoms with Crippen molar-refractivity contribution < 1.29 is 19.0 Å². The lowest BCUT2D eigenvalue weighted by Gasteiger charge is -2.14. The van der Waals surface area contributed by atoms with E-state index in [1.165, 1.54) is 21.3 Å². The van der Waals surface area contributed by atoms with E-state index in [9.17, 15) is 4.79 Å². The molecule has 0 aliphatic carbocycles. The van der Waals surface area contributed by atoms with Gasteiger partial charge in [-0.3, -0.25) is 9.78 Å². The second-order valence-electron chi connectivity index (χ2n) is 7.70. The minimum atomic E-state index is -0.326. The molecule has 3 aromatic heterocycles. The third-order valence-electron chi connectivity index (χ3n) is 5.53. The lowest BCUT2D eigenvalue weighted by Crippen LogP contribution is -2.12. The van der Waals surface area contributed by atoms with E-state index in [-0.39, 0.29) is 5.91 Å². The lowest BCUT2D eigenvalue weighted by molar-refractivity contribution is 0.102. The molecular formula is C26H22N6O4. The van der Waals surface area contributed by atoms with Crippen molar-refractivity contribution in [2.24, 2.45) is 0 Å². The normalized spacial score (nSPS) is 10.8. The molecule has 180 valence electrons. The van der Waals surface area contributed by atoms with Crippen LogP contribution < -0.4 is 19.5 Å². The number of nitrogens with one attached hydrogen (secondary N) is 1. The van der Waals surface area contributed by atoms with Crippen LogP contribution in [0.2, 0.25) is 0 Å². The molecule has 1 N–H and O–H groups in total. The number of pyridine rings is 1. The second-order valence-corrected chi connectivity index (χ2v) is 7.70. The number of ether oxygens (including phenoxy) is 3. The number of hydrogen-bond acceptors (Lipinski definition) is 8. The Kier molecular flexibility index (Phi) is 6.14. The summed E-state index contributed by atoms with van der Waals surface area (Å²) in [4.78, 5) is 17.2. The summed E-state index contributed by atoms with van der Waals surface area (Å²) in [5.74, 6) is 1.47. The molecule has 2 aromatic carbocycles. The molecule has 0 fully saturated rings. The average Bonchev–Trinajstić information content (AvgIpc) is 3.36. The maximum atomic E-state index is 13.0. The Morgan fingerprint density at radius 1 is 0.861 bits per heavy atom. The van der Waals surface area contributed by atoms with Crippen LogP contribution in [0.3, 0.4) is 0 Å². The summed E-state index contributed by atoms with van der Waals surface area (Å²) in [5.41, 5.74) is 3.89. The molecule has 1 amide bonds. The van der Waals surface area contributed by atoms with Crippen molar-refractivity contribution in [1.29, 1.82) is 0 Å². The van der Waals surface area contributed by atoms with Crippen LogP contribution in [0, 0.1) is 0 Å². The van der Waals surface area contributed by atoms with Crippen LogP contribution in [0.4, 0.5) is 5.69 Å². The fourth-order valence-corrected chi connectivity index (χ4v) is 3.79. The van der Waals surface area contributed by atoms with Gasteiger partial charge in [0, 0.05) is 34.8 Å². The number of aromatic nitrogens is 5. The highest BCUT2D eigenvalue weighted by Crippen LogP contribution is 2.38. The average molecular weight is 483 g/mol. The second kappa shape index (κ2) is 9.71. The van der Waals surface area contributed by atoms with E-state index in [4.69, 9.17) is 19.3 Å². The molecule has 0 radical (unpaired) electrons. The molecule has 0 bridgehead atoms. The van der Waals surface area contributed by atoms with Crippen molar-refractivity contribution in [2.45, 2.75) is 0 Å². The van der Waals surface area contributed by atoms with Crippen molar-refractivity contribution >= 4 is 17.2 Å². The van der Waals surface area contributed by atoms with E-state index < -0.39 is 0 Å². The molecule has 0 unspecified atom stereocenters. The van der Waals surface area contributed by atoms with Crippen LogP contribution in [0.25, 0.3) is 28.3 Å². The first kappa shape index (κ1) is 22.8. The summed E-state index contributed by atoms with van der Waals surface area (Å²) >= 11 is 0. The maximum absolute atomic E-state index is 13.0. The number of rotatable bonds is 7. The SMILES string of the molecule is COc1cc(C(=O)Nc2cccc(-c3ccc4nnc(-c5cccnc5)n4n3)c2)cc(OC)c1OC. The third-order valence-corrected chi connectivity index (χ3v) is 5.53. The highest BCUT2D eigenvalue weighted by Gasteiger charge is 2.17. The smallest absolute Gasteiger partial charge is 0.255 e. The number of anilines is 1. The summed E-state index contributed by atoms with van der Waals surface area (Å²) in [7, 11) is 4.51. The molecular weight excluding hydrogens is 460 g/mol. The first-order valence-corrected chi connectivity index (χ1v) is 11.0. The first-order chi connectivity index (χ1) is 17.6. The highest BCUT2D eigenvalue weighted by atomic mass is 16.5. The minimum absolute atomic E-state index is 0.326. The predicted octanol–water partition coefficient (Wildman–Crippen LogP) is 4.13. The predicted molar refractivity (Wildman–Crippen MR) is 134 cm³/mol. The Bertz CT molecular complexity index is 1530. The van der Waals surface area contributed by atoms with Crippen LogP contribution in [-0.4, -0.2) is 52.0 Å². The van der Waals surface area contributed by atoms with Gasteiger partial charge in [0.25, 0.3) is 5.91 Å². The Morgan fingerprint density at radius 2 is 1.64 bits per heavy atom. The molecule has 0 aliphatic rings. The highest BCUT2D eigenvalue weighted by molar-refractivity contribution is 6.05. The number of carbonyl (C=O) groups is 1. The molecule has 0 saturated carbocycles. The van der Waals surface area contributed by atoms with Crippen LogP contribution in [0.15, 0.2) is 73.1 Å². The number of methoxy groups -OCH3 is 3. The van der Waals surface area contributed by atoms with Gasteiger partial charge in [0.15, 0.2) is 23.0 Å². The lowest BCUT2D eigenvalue weighted by atomic mass is 10.1. The molecule has 0 atom stereocenters. The van der Waals surface area contributed by atoms with Gasteiger partial charge in [-0.25, -0.2) is 0 Å². The zero-order valence-electron chi connectivity index (χ0n) is 19.8. The fraction of sp³-hybridized carbons (Fsp3) is 0.115. The van der Waals surface area contributed by atoms with Gasteiger partial charge in [-0.1, -0.05) is 12.1 Å². The molecule has 0 saturated heterocycles. The first-order valence-electron chi connectivity index (χ1n) is 11.0. The van der Waals surface area contributed by atoms with Crippen molar-refractivity contribution in [3.05, 3.63) is 78.6 Å². The molecule has 10 heteroatoms. The van der Waals surface area contributed by atoms with Crippen LogP contribution in [0.1, 0.15) is 10.4 Å². The Balaban J connectivity index is 1.45. The van der Waals surface area contributed by atoms with Gasteiger partial charge in [0.05, 0.1) is 27.0 Å². The summed E-state index contributed by atoms with van der Waals surface area (Å²) in [5, 5.41) is 16.1. The van der Waals surface area contributed by atoms with Crippen molar-refractivity contribution in [1.82, 2.24) is 24.8 Å². The van der Waals surface area contributed by atoms with Gasteiger partial charge in [0.2, 0.25) is 5.75 Å². The zero-order chi connectivity index (χ0) is 25.1. The molecule has 3 heterocycles. The number of nitrogens with zero attached hydrogens (tertiary/aromatic N) is 5. The van der Waals surface area contributed by atoms with Crippen molar-refractivity contribution in [3.63, 3.8) is 0 Å². The van der Waals surface area contributed by atoms with Crippen LogP contribution >= 0.6 is 0 Å². The van der Waals surface area contributed by atoms with Crippen LogP contribution in [-0.2, 0) is 0 Å². The molecule has 0 aliphatic heterocycles. The van der Waals surface area contributed by atoms with E-state index in [2.05, 4.69) is 20.5 Å².